The molecule has 1 aliphatic heterocycles. The first kappa shape index (κ1) is 15.0. The second kappa shape index (κ2) is 6.46. The lowest BCUT2D eigenvalue weighted by molar-refractivity contribution is -0.138. The Bertz CT molecular complexity index is 572. The Morgan fingerprint density at radius 2 is 1.64 bits per heavy atom. The van der Waals surface area contributed by atoms with Crippen LogP contribution in [0.2, 0.25) is 0 Å². The monoisotopic (exact) mass is 304 g/mol. The van der Waals surface area contributed by atoms with Crippen LogP contribution in [0.25, 0.3) is 0 Å². The molecule has 22 heavy (non-hydrogen) atoms. The molecule has 3 rings (SSSR count). The second-order valence-electron chi connectivity index (χ2n) is 6.08. The molecule has 1 aromatic rings. The van der Waals surface area contributed by atoms with E-state index in [0.717, 1.165) is 25.7 Å². The molecule has 118 valence electrons. The van der Waals surface area contributed by atoms with Gasteiger partial charge in [-0.05, 0) is 31.4 Å². The van der Waals surface area contributed by atoms with Crippen molar-refractivity contribution >= 4 is 11.8 Å². The first-order chi connectivity index (χ1) is 10.7. The zero-order chi connectivity index (χ0) is 15.5. The Morgan fingerprint density at radius 1 is 0.955 bits per heavy atom. The maximum atomic E-state index is 13.7. The van der Waals surface area contributed by atoms with Crippen LogP contribution in [0.4, 0.5) is 4.39 Å². The van der Waals surface area contributed by atoms with Gasteiger partial charge < -0.3 is 9.80 Å². The lowest BCUT2D eigenvalue weighted by Gasteiger charge is -2.31. The number of halogens is 1. The fourth-order valence-corrected chi connectivity index (χ4v) is 3.06. The summed E-state index contributed by atoms with van der Waals surface area (Å²) < 4.78 is 13.7. The molecule has 2 aliphatic rings. The quantitative estimate of drug-likeness (QED) is 0.841. The third-order valence-electron chi connectivity index (χ3n) is 4.65. The number of hydrogen-bond acceptors (Lipinski definition) is 2. The van der Waals surface area contributed by atoms with Crippen molar-refractivity contribution in [2.75, 3.05) is 26.2 Å². The average molecular weight is 304 g/mol. The summed E-state index contributed by atoms with van der Waals surface area (Å²) in [5.74, 6) is -0.351. The molecule has 5 heteroatoms. The van der Waals surface area contributed by atoms with Crippen LogP contribution in [0.1, 0.15) is 36.0 Å². The molecule has 0 radical (unpaired) electrons. The first-order valence-electron chi connectivity index (χ1n) is 7.99. The van der Waals surface area contributed by atoms with Gasteiger partial charge in [-0.3, -0.25) is 9.59 Å². The van der Waals surface area contributed by atoms with E-state index in [1.807, 2.05) is 4.90 Å². The van der Waals surface area contributed by atoms with Crippen LogP contribution in [0.15, 0.2) is 24.3 Å². The molecular formula is C17H21FN2O2. The van der Waals surface area contributed by atoms with Crippen molar-refractivity contribution in [1.29, 1.82) is 0 Å². The van der Waals surface area contributed by atoms with Crippen molar-refractivity contribution in [2.45, 2.75) is 25.7 Å². The first-order valence-corrected chi connectivity index (χ1v) is 7.99. The maximum Gasteiger partial charge on any atom is 0.256 e. The van der Waals surface area contributed by atoms with Crippen molar-refractivity contribution in [3.63, 3.8) is 0 Å². The van der Waals surface area contributed by atoms with E-state index in [9.17, 15) is 14.0 Å². The Labute approximate surface area is 129 Å². The van der Waals surface area contributed by atoms with Gasteiger partial charge in [-0.1, -0.05) is 18.6 Å². The number of benzene rings is 1. The lowest BCUT2D eigenvalue weighted by Crippen LogP contribution is -2.41. The van der Waals surface area contributed by atoms with Gasteiger partial charge in [-0.2, -0.15) is 0 Å². The van der Waals surface area contributed by atoms with Gasteiger partial charge in [-0.15, -0.1) is 0 Å². The van der Waals surface area contributed by atoms with Crippen LogP contribution in [0.5, 0.6) is 0 Å². The van der Waals surface area contributed by atoms with Gasteiger partial charge in [0, 0.05) is 32.1 Å². The molecule has 0 aromatic heterocycles. The number of carbonyl (C=O) groups is 2. The summed E-state index contributed by atoms with van der Waals surface area (Å²) in [5, 5.41) is 0. The Morgan fingerprint density at radius 3 is 2.32 bits per heavy atom. The number of hydrogen-bond donors (Lipinski definition) is 0. The van der Waals surface area contributed by atoms with Gasteiger partial charge in [-0.25, -0.2) is 4.39 Å². The Hall–Kier alpha value is -1.91. The Kier molecular flexibility index (Phi) is 4.41. The van der Waals surface area contributed by atoms with E-state index < -0.39 is 5.82 Å². The Balaban J connectivity index is 1.63. The second-order valence-corrected chi connectivity index (χ2v) is 6.08. The minimum atomic E-state index is -0.487. The standard InChI is InChI=1S/C17H21FN2O2/c18-15-8-2-1-7-14(15)17(22)20-10-4-9-19(11-12-20)16(21)13-5-3-6-13/h1-2,7-8,13H,3-6,9-12H2. The van der Waals surface area contributed by atoms with E-state index in [-0.39, 0.29) is 23.3 Å². The molecule has 0 unspecified atom stereocenters. The van der Waals surface area contributed by atoms with Crippen LogP contribution in [-0.2, 0) is 4.79 Å². The van der Waals surface area contributed by atoms with Crippen LogP contribution in [0, 0.1) is 11.7 Å². The normalized spacial score (nSPS) is 19.5. The molecule has 1 saturated carbocycles. The van der Waals surface area contributed by atoms with Gasteiger partial charge >= 0.3 is 0 Å². The minimum absolute atomic E-state index is 0.112. The minimum Gasteiger partial charge on any atom is -0.341 e. The SMILES string of the molecule is O=C(c1ccccc1F)N1CCCN(C(=O)C2CCC2)CC1. The molecule has 2 fully saturated rings. The highest BCUT2D eigenvalue weighted by atomic mass is 19.1. The van der Waals surface area contributed by atoms with Crippen LogP contribution >= 0.6 is 0 Å². The lowest BCUT2D eigenvalue weighted by atomic mass is 9.84. The zero-order valence-electron chi connectivity index (χ0n) is 12.6. The summed E-state index contributed by atoms with van der Waals surface area (Å²) >= 11 is 0. The number of carbonyl (C=O) groups excluding carboxylic acids is 2. The maximum absolute atomic E-state index is 13.7. The molecule has 1 heterocycles. The summed E-state index contributed by atoms with van der Waals surface area (Å²) in [4.78, 5) is 28.3. The largest absolute Gasteiger partial charge is 0.341 e. The van der Waals surface area contributed by atoms with Crippen molar-refractivity contribution < 1.29 is 14.0 Å². The van der Waals surface area contributed by atoms with Crippen molar-refractivity contribution in [1.82, 2.24) is 9.80 Å². The highest BCUT2D eigenvalue weighted by Crippen LogP contribution is 2.28. The topological polar surface area (TPSA) is 40.6 Å². The van der Waals surface area contributed by atoms with Crippen LogP contribution < -0.4 is 0 Å². The summed E-state index contributed by atoms with van der Waals surface area (Å²) in [6.45, 7) is 2.29. The van der Waals surface area contributed by atoms with Crippen LogP contribution in [-0.4, -0.2) is 47.8 Å². The average Bonchev–Trinajstić information content (AvgIpc) is 2.71. The molecule has 0 bridgehead atoms. The van der Waals surface area contributed by atoms with E-state index in [0.29, 0.717) is 26.2 Å². The molecule has 1 aliphatic carbocycles. The number of rotatable bonds is 2. The molecule has 2 amide bonds. The van der Waals surface area contributed by atoms with Crippen molar-refractivity contribution in [2.24, 2.45) is 5.92 Å². The highest BCUT2D eigenvalue weighted by Gasteiger charge is 2.31. The molecule has 0 spiro atoms. The fourth-order valence-electron chi connectivity index (χ4n) is 3.06. The molecule has 0 atom stereocenters. The van der Waals surface area contributed by atoms with Crippen LogP contribution in [0.3, 0.4) is 0 Å². The van der Waals surface area contributed by atoms with Gasteiger partial charge in [0.2, 0.25) is 5.91 Å². The van der Waals surface area contributed by atoms with E-state index in [4.69, 9.17) is 0 Å². The predicted octanol–water partition coefficient (Wildman–Crippen LogP) is 2.30. The smallest absolute Gasteiger partial charge is 0.256 e. The highest BCUT2D eigenvalue weighted by molar-refractivity contribution is 5.94. The van der Waals surface area contributed by atoms with E-state index >= 15 is 0 Å². The van der Waals surface area contributed by atoms with Gasteiger partial charge in [0.25, 0.3) is 5.91 Å². The van der Waals surface area contributed by atoms with E-state index in [2.05, 4.69) is 0 Å². The van der Waals surface area contributed by atoms with E-state index in [1.165, 1.54) is 12.1 Å². The molecule has 0 N–H and O–H groups in total. The summed E-state index contributed by atoms with van der Waals surface area (Å²) in [6.07, 6.45) is 3.88. The number of nitrogens with zero attached hydrogens (tertiary/aromatic N) is 2. The van der Waals surface area contributed by atoms with Gasteiger partial charge in [0.1, 0.15) is 5.82 Å². The molecular weight excluding hydrogens is 283 g/mol. The molecule has 1 saturated heterocycles. The third-order valence-corrected chi connectivity index (χ3v) is 4.65. The summed E-state index contributed by atoms with van der Waals surface area (Å²) in [5.41, 5.74) is 0.112. The zero-order valence-corrected chi connectivity index (χ0v) is 12.6. The fraction of sp³-hybridized carbons (Fsp3) is 0.529. The number of amides is 2. The van der Waals surface area contributed by atoms with Crippen molar-refractivity contribution in [3.8, 4) is 0 Å². The molecule has 4 nitrogen and oxygen atoms in total. The predicted molar refractivity (Wildman–Crippen MR) is 80.8 cm³/mol. The third kappa shape index (κ3) is 2.98. The van der Waals surface area contributed by atoms with Gasteiger partial charge in [0.15, 0.2) is 0 Å². The van der Waals surface area contributed by atoms with Crippen molar-refractivity contribution in [3.05, 3.63) is 35.6 Å². The van der Waals surface area contributed by atoms with Gasteiger partial charge in [0.05, 0.1) is 5.56 Å². The van der Waals surface area contributed by atoms with E-state index in [1.54, 1.807) is 17.0 Å². The summed E-state index contributed by atoms with van der Waals surface area (Å²) in [7, 11) is 0. The molecule has 1 aromatic carbocycles. The summed E-state index contributed by atoms with van der Waals surface area (Å²) in [6, 6.07) is 6.06.